The van der Waals surface area contributed by atoms with Gasteiger partial charge < -0.3 is 19.5 Å². The fourth-order valence-electron chi connectivity index (χ4n) is 3.85. The zero-order valence-electron chi connectivity index (χ0n) is 17.6. The highest BCUT2D eigenvalue weighted by Crippen LogP contribution is 2.40. The Morgan fingerprint density at radius 3 is 2.73 bits per heavy atom. The van der Waals surface area contributed by atoms with Crippen LogP contribution >= 0.6 is 0 Å². The van der Waals surface area contributed by atoms with E-state index in [9.17, 15) is 9.59 Å². The van der Waals surface area contributed by atoms with Gasteiger partial charge in [0.05, 0.1) is 23.2 Å². The van der Waals surface area contributed by atoms with Gasteiger partial charge >= 0.3 is 0 Å². The van der Waals surface area contributed by atoms with Crippen molar-refractivity contribution in [3.05, 3.63) is 23.0 Å². The highest BCUT2D eigenvalue weighted by molar-refractivity contribution is 6.06. The first-order valence-corrected chi connectivity index (χ1v) is 10.6. The average molecular weight is 415 g/mol. The predicted octanol–water partition coefficient (Wildman–Crippen LogP) is 1.32. The number of pyridine rings is 1. The molecule has 1 N–H and O–H groups in total. The van der Waals surface area contributed by atoms with Crippen LogP contribution in [0.1, 0.15) is 46.9 Å². The molecule has 0 atom stereocenters. The number of hydrogen-bond donors (Lipinski definition) is 1. The Morgan fingerprint density at radius 1 is 1.27 bits per heavy atom. The molecule has 3 heterocycles. The van der Waals surface area contributed by atoms with Gasteiger partial charge in [0.2, 0.25) is 5.91 Å². The number of piperazine rings is 1. The predicted molar refractivity (Wildman–Crippen MR) is 110 cm³/mol. The minimum absolute atomic E-state index is 0.0101. The molecule has 9 heteroatoms. The van der Waals surface area contributed by atoms with E-state index in [1.54, 1.807) is 7.11 Å². The summed E-state index contributed by atoms with van der Waals surface area (Å²) in [5.41, 5.74) is 2.69. The lowest BCUT2D eigenvalue weighted by Gasteiger charge is -2.34. The minimum atomic E-state index is -0.0146. The molecule has 162 valence electrons. The molecule has 1 aliphatic heterocycles. The number of nitrogens with one attached hydrogen (secondary N) is 1. The first-order chi connectivity index (χ1) is 14.6. The minimum Gasteiger partial charge on any atom is -0.385 e. The van der Waals surface area contributed by atoms with E-state index in [0.717, 1.165) is 25.0 Å². The molecule has 2 aromatic rings. The van der Waals surface area contributed by atoms with Gasteiger partial charge in [-0.05, 0) is 32.3 Å². The molecule has 0 unspecified atom stereocenters. The summed E-state index contributed by atoms with van der Waals surface area (Å²) in [5, 5.41) is 7.63. The van der Waals surface area contributed by atoms with Crippen LogP contribution in [0.25, 0.3) is 11.1 Å². The second-order valence-corrected chi connectivity index (χ2v) is 8.08. The fraction of sp³-hybridized carbons (Fsp3) is 0.619. The maximum absolute atomic E-state index is 13.3. The highest BCUT2D eigenvalue weighted by Gasteiger charge is 2.31. The standard InChI is InChI=1S/C21H29N5O4/c1-14-19-16(12-17(15-4-5-15)23-20(19)30-24-14)21(28)26-9-7-25(8-10-26)13-18(27)22-6-3-11-29-2/h12,15H,3-11,13H2,1-2H3,(H,22,27). The summed E-state index contributed by atoms with van der Waals surface area (Å²) in [5.74, 6) is 0.417. The van der Waals surface area contributed by atoms with Crippen LogP contribution in [0.4, 0.5) is 0 Å². The van der Waals surface area contributed by atoms with E-state index in [4.69, 9.17) is 9.26 Å². The molecular weight excluding hydrogens is 386 g/mol. The zero-order valence-corrected chi connectivity index (χ0v) is 17.6. The lowest BCUT2D eigenvalue weighted by molar-refractivity contribution is -0.122. The van der Waals surface area contributed by atoms with Crippen molar-refractivity contribution in [3.63, 3.8) is 0 Å². The molecule has 0 spiro atoms. The maximum Gasteiger partial charge on any atom is 0.259 e. The first-order valence-electron chi connectivity index (χ1n) is 10.6. The number of aromatic nitrogens is 2. The number of amides is 2. The normalized spacial score (nSPS) is 17.5. The summed E-state index contributed by atoms with van der Waals surface area (Å²) in [7, 11) is 1.65. The molecular formula is C21H29N5O4. The maximum atomic E-state index is 13.3. The van der Waals surface area contributed by atoms with E-state index < -0.39 is 0 Å². The van der Waals surface area contributed by atoms with E-state index >= 15 is 0 Å². The third kappa shape index (κ3) is 4.62. The largest absolute Gasteiger partial charge is 0.385 e. The second kappa shape index (κ2) is 9.09. The van der Waals surface area contributed by atoms with Crippen molar-refractivity contribution in [2.75, 3.05) is 53.0 Å². The number of hydrogen-bond acceptors (Lipinski definition) is 7. The Labute approximate surface area is 175 Å². The van der Waals surface area contributed by atoms with Crippen molar-refractivity contribution < 1.29 is 18.8 Å². The zero-order chi connectivity index (χ0) is 21.1. The monoisotopic (exact) mass is 415 g/mol. The van der Waals surface area contributed by atoms with E-state index in [1.165, 1.54) is 0 Å². The molecule has 4 rings (SSSR count). The number of fused-ring (bicyclic) bond motifs is 1. The van der Waals surface area contributed by atoms with Crippen molar-refractivity contribution in [2.45, 2.75) is 32.1 Å². The Balaban J connectivity index is 1.37. The topological polar surface area (TPSA) is 101 Å². The van der Waals surface area contributed by atoms with Gasteiger partial charge in [0, 0.05) is 58.1 Å². The lowest BCUT2D eigenvalue weighted by atomic mass is 10.1. The number of rotatable bonds is 8. The van der Waals surface area contributed by atoms with Crippen LogP contribution in [-0.2, 0) is 9.53 Å². The van der Waals surface area contributed by atoms with Gasteiger partial charge in [0.15, 0.2) is 0 Å². The third-order valence-electron chi connectivity index (χ3n) is 5.74. The molecule has 0 radical (unpaired) electrons. The first kappa shape index (κ1) is 20.7. The highest BCUT2D eigenvalue weighted by atomic mass is 16.5. The molecule has 1 saturated heterocycles. The lowest BCUT2D eigenvalue weighted by Crippen LogP contribution is -2.51. The Morgan fingerprint density at radius 2 is 2.03 bits per heavy atom. The second-order valence-electron chi connectivity index (χ2n) is 8.08. The smallest absolute Gasteiger partial charge is 0.259 e. The van der Waals surface area contributed by atoms with E-state index in [2.05, 4.69) is 20.4 Å². The molecule has 0 bridgehead atoms. The van der Waals surface area contributed by atoms with E-state index in [0.29, 0.717) is 74.2 Å². The van der Waals surface area contributed by atoms with Gasteiger partial charge in [-0.1, -0.05) is 5.16 Å². The van der Waals surface area contributed by atoms with E-state index in [-0.39, 0.29) is 11.8 Å². The van der Waals surface area contributed by atoms with Gasteiger partial charge in [-0.15, -0.1) is 0 Å². The number of aryl methyl sites for hydroxylation is 1. The van der Waals surface area contributed by atoms with Crippen molar-refractivity contribution in [3.8, 4) is 0 Å². The quantitative estimate of drug-likeness (QED) is 0.649. The van der Waals surface area contributed by atoms with Crippen LogP contribution in [0.5, 0.6) is 0 Å². The number of carbonyl (C=O) groups excluding carboxylic acids is 2. The van der Waals surface area contributed by atoms with Crippen LogP contribution in [0.2, 0.25) is 0 Å². The molecule has 1 aliphatic carbocycles. The van der Waals surface area contributed by atoms with Crippen molar-refractivity contribution >= 4 is 22.9 Å². The number of methoxy groups -OCH3 is 1. The van der Waals surface area contributed by atoms with Gasteiger partial charge in [-0.3, -0.25) is 14.5 Å². The van der Waals surface area contributed by atoms with E-state index in [1.807, 2.05) is 17.9 Å². The summed E-state index contributed by atoms with van der Waals surface area (Å²) in [4.78, 5) is 33.9. The van der Waals surface area contributed by atoms with Crippen LogP contribution in [0, 0.1) is 6.92 Å². The van der Waals surface area contributed by atoms with Crippen molar-refractivity contribution in [2.24, 2.45) is 0 Å². The summed E-state index contributed by atoms with van der Waals surface area (Å²) in [6.45, 7) is 5.95. The number of ether oxygens (including phenoxy) is 1. The van der Waals surface area contributed by atoms with Crippen LogP contribution in [0.15, 0.2) is 10.6 Å². The third-order valence-corrected chi connectivity index (χ3v) is 5.74. The number of carbonyl (C=O) groups is 2. The summed E-state index contributed by atoms with van der Waals surface area (Å²) in [6.07, 6.45) is 3.01. The molecule has 2 fully saturated rings. The molecule has 1 saturated carbocycles. The molecule has 2 amide bonds. The number of nitrogens with zero attached hydrogens (tertiary/aromatic N) is 4. The van der Waals surface area contributed by atoms with Crippen LogP contribution in [0.3, 0.4) is 0 Å². The molecule has 2 aliphatic rings. The van der Waals surface area contributed by atoms with Crippen LogP contribution in [-0.4, -0.2) is 84.7 Å². The Hall–Kier alpha value is -2.52. The molecule has 30 heavy (non-hydrogen) atoms. The summed E-state index contributed by atoms with van der Waals surface area (Å²) >= 11 is 0. The summed E-state index contributed by atoms with van der Waals surface area (Å²) in [6, 6.07) is 1.92. The van der Waals surface area contributed by atoms with Crippen molar-refractivity contribution in [1.29, 1.82) is 0 Å². The average Bonchev–Trinajstić information content (AvgIpc) is 3.54. The molecule has 2 aromatic heterocycles. The van der Waals surface area contributed by atoms with Gasteiger partial charge in [0.1, 0.15) is 0 Å². The van der Waals surface area contributed by atoms with Gasteiger partial charge in [0.25, 0.3) is 11.6 Å². The Bertz CT molecular complexity index is 916. The molecule has 0 aromatic carbocycles. The van der Waals surface area contributed by atoms with Crippen LogP contribution < -0.4 is 5.32 Å². The fourth-order valence-corrected chi connectivity index (χ4v) is 3.85. The van der Waals surface area contributed by atoms with Gasteiger partial charge in [-0.25, -0.2) is 4.98 Å². The Kier molecular flexibility index (Phi) is 6.29. The van der Waals surface area contributed by atoms with Crippen molar-refractivity contribution in [1.82, 2.24) is 25.3 Å². The molecule has 9 nitrogen and oxygen atoms in total. The summed E-state index contributed by atoms with van der Waals surface area (Å²) < 4.78 is 10.3. The van der Waals surface area contributed by atoms with Gasteiger partial charge in [-0.2, -0.15) is 0 Å². The SMILES string of the molecule is COCCCNC(=O)CN1CCN(C(=O)c2cc(C3CC3)nc3onc(C)c23)CC1.